The van der Waals surface area contributed by atoms with E-state index in [0.29, 0.717) is 4.90 Å². The topological polar surface area (TPSA) is 32.3 Å². The molecule has 0 saturated carbocycles. The number of urea groups is 1. The molecule has 0 aromatic heterocycles. The molecule has 9 heteroatoms. The van der Waals surface area contributed by atoms with E-state index in [2.05, 4.69) is 5.32 Å². The van der Waals surface area contributed by atoms with Gasteiger partial charge in [-0.25, -0.2) is 13.6 Å². The highest BCUT2D eigenvalue weighted by Crippen LogP contribution is 2.46. The van der Waals surface area contributed by atoms with Gasteiger partial charge in [0.2, 0.25) is 0 Å². The third-order valence-corrected chi connectivity index (χ3v) is 4.64. The summed E-state index contributed by atoms with van der Waals surface area (Å²) in [5.41, 5.74) is -1.47. The fourth-order valence-corrected chi connectivity index (χ4v) is 3.54. The Morgan fingerprint density at radius 1 is 1.14 bits per heavy atom. The third-order valence-electron chi connectivity index (χ3n) is 4.41. The summed E-state index contributed by atoms with van der Waals surface area (Å²) in [5.74, 6) is -2.41. The molecule has 2 amide bonds. The minimum atomic E-state index is -4.74. The van der Waals surface area contributed by atoms with E-state index < -0.39 is 35.9 Å². The molecular formula is C19H14ClF5N2O. The Labute approximate surface area is 162 Å². The van der Waals surface area contributed by atoms with E-state index in [0.717, 1.165) is 18.2 Å². The summed E-state index contributed by atoms with van der Waals surface area (Å²) in [5, 5.41) is 2.60. The molecule has 1 unspecified atom stereocenters. The number of amides is 2. The molecular weight excluding hydrogens is 403 g/mol. The zero-order valence-corrected chi connectivity index (χ0v) is 15.2. The van der Waals surface area contributed by atoms with Crippen LogP contribution in [0.5, 0.6) is 0 Å². The van der Waals surface area contributed by atoms with Gasteiger partial charge in [0.25, 0.3) is 0 Å². The number of hydrogen-bond donors (Lipinski definition) is 1. The summed E-state index contributed by atoms with van der Waals surface area (Å²) < 4.78 is 67.4. The summed E-state index contributed by atoms with van der Waals surface area (Å²) in [6, 6.07) is 5.99. The average Bonchev–Trinajstić information content (AvgIpc) is 2.60. The van der Waals surface area contributed by atoms with Crippen LogP contribution in [0.4, 0.5) is 32.4 Å². The van der Waals surface area contributed by atoms with Gasteiger partial charge in [0.1, 0.15) is 12.1 Å². The van der Waals surface area contributed by atoms with E-state index in [-0.39, 0.29) is 21.8 Å². The fourth-order valence-electron chi connectivity index (χ4n) is 3.37. The van der Waals surface area contributed by atoms with Gasteiger partial charge in [-0.3, -0.25) is 4.90 Å². The number of alkyl halides is 3. The number of fused-ring (bicyclic) bond motifs is 1. The van der Waals surface area contributed by atoms with Crippen molar-refractivity contribution < 1.29 is 26.7 Å². The van der Waals surface area contributed by atoms with Crippen molar-refractivity contribution in [3.63, 3.8) is 0 Å². The SMILES string of the molecule is C/C=C/C1(c2ccc(F)c(F)c2)c2cc(Cl)ccc2NC(=O)N1CC(F)(F)F. The second-order valence-electron chi connectivity index (χ2n) is 6.22. The van der Waals surface area contributed by atoms with Gasteiger partial charge in [-0.2, -0.15) is 13.2 Å². The van der Waals surface area contributed by atoms with Crippen LogP contribution in [0.25, 0.3) is 0 Å². The quantitative estimate of drug-likeness (QED) is 0.494. The molecule has 0 aliphatic carbocycles. The number of nitrogens with zero attached hydrogens (tertiary/aromatic N) is 1. The molecule has 2 aromatic carbocycles. The van der Waals surface area contributed by atoms with Crippen LogP contribution in [0.2, 0.25) is 5.02 Å². The first kappa shape index (κ1) is 20.1. The van der Waals surface area contributed by atoms with Crippen molar-refractivity contribution in [1.82, 2.24) is 4.90 Å². The molecule has 0 saturated heterocycles. The van der Waals surface area contributed by atoms with Crippen LogP contribution in [-0.2, 0) is 5.54 Å². The van der Waals surface area contributed by atoms with Crippen molar-refractivity contribution in [2.45, 2.75) is 18.6 Å². The monoisotopic (exact) mass is 416 g/mol. The standard InChI is InChI=1S/C19H14ClF5N2O/c1-2-7-18(11-3-5-14(21)15(22)8-11)13-9-12(20)4-6-16(13)26-17(28)27(18)10-19(23,24)25/h2-9H,10H2,1H3,(H,26,28)/b7-2+. The van der Waals surface area contributed by atoms with Crippen LogP contribution in [-0.4, -0.2) is 23.7 Å². The maximum Gasteiger partial charge on any atom is 0.406 e. The summed E-state index contributed by atoms with van der Waals surface area (Å²) in [7, 11) is 0. The second-order valence-corrected chi connectivity index (χ2v) is 6.65. The molecule has 3 rings (SSSR count). The first-order chi connectivity index (χ1) is 13.1. The Hall–Kier alpha value is -2.61. The maximum absolute atomic E-state index is 14.0. The van der Waals surface area contributed by atoms with Crippen molar-refractivity contribution in [3.8, 4) is 0 Å². The van der Waals surface area contributed by atoms with Gasteiger partial charge in [0.05, 0.1) is 0 Å². The van der Waals surface area contributed by atoms with Gasteiger partial charge in [0.15, 0.2) is 11.6 Å². The molecule has 3 nitrogen and oxygen atoms in total. The van der Waals surface area contributed by atoms with E-state index in [1.165, 1.54) is 30.4 Å². The fraction of sp³-hybridized carbons (Fsp3) is 0.211. The van der Waals surface area contributed by atoms with E-state index in [1.54, 1.807) is 6.92 Å². The molecule has 0 spiro atoms. The number of halogens is 6. The largest absolute Gasteiger partial charge is 0.406 e. The number of benzene rings is 2. The van der Waals surface area contributed by atoms with Crippen molar-refractivity contribution in [2.24, 2.45) is 0 Å². The molecule has 0 radical (unpaired) electrons. The van der Waals surface area contributed by atoms with Gasteiger partial charge >= 0.3 is 12.2 Å². The predicted octanol–water partition coefficient (Wildman–Crippen LogP) is 5.85. The summed E-state index contributed by atoms with van der Waals surface area (Å²) >= 11 is 6.05. The molecule has 0 fully saturated rings. The number of hydrogen-bond acceptors (Lipinski definition) is 1. The Morgan fingerprint density at radius 2 is 1.86 bits per heavy atom. The van der Waals surface area contributed by atoms with Crippen LogP contribution in [0.15, 0.2) is 48.6 Å². The molecule has 1 N–H and O–H groups in total. The number of nitrogens with one attached hydrogen (secondary N) is 1. The van der Waals surface area contributed by atoms with E-state index >= 15 is 0 Å². The maximum atomic E-state index is 14.0. The van der Waals surface area contributed by atoms with Crippen LogP contribution >= 0.6 is 11.6 Å². The van der Waals surface area contributed by atoms with E-state index in [1.807, 2.05) is 0 Å². The lowest BCUT2D eigenvalue weighted by atomic mass is 9.78. The summed E-state index contributed by atoms with van der Waals surface area (Å²) in [6.45, 7) is -0.0712. The molecule has 2 aromatic rings. The van der Waals surface area contributed by atoms with Crippen molar-refractivity contribution >= 4 is 23.3 Å². The number of rotatable bonds is 3. The van der Waals surface area contributed by atoms with Crippen molar-refractivity contribution in [1.29, 1.82) is 0 Å². The lowest BCUT2D eigenvalue weighted by Gasteiger charge is -2.47. The molecule has 1 aliphatic heterocycles. The second kappa shape index (κ2) is 7.09. The van der Waals surface area contributed by atoms with Gasteiger partial charge in [-0.15, -0.1) is 0 Å². The van der Waals surface area contributed by atoms with Gasteiger partial charge in [-0.05, 0) is 42.8 Å². The zero-order chi connectivity index (χ0) is 20.7. The van der Waals surface area contributed by atoms with E-state index in [9.17, 15) is 26.7 Å². The molecule has 1 atom stereocenters. The molecule has 1 aliphatic rings. The van der Waals surface area contributed by atoms with Crippen LogP contribution < -0.4 is 5.32 Å². The Bertz CT molecular complexity index is 960. The van der Waals surface area contributed by atoms with E-state index in [4.69, 9.17) is 11.6 Å². The lowest BCUT2D eigenvalue weighted by Crippen LogP contribution is -2.57. The van der Waals surface area contributed by atoms with Crippen molar-refractivity contribution in [2.75, 3.05) is 11.9 Å². The van der Waals surface area contributed by atoms with Gasteiger partial charge < -0.3 is 5.32 Å². The summed E-state index contributed by atoms with van der Waals surface area (Å²) in [6.07, 6.45) is -1.97. The first-order valence-electron chi connectivity index (χ1n) is 8.13. The van der Waals surface area contributed by atoms with Gasteiger partial charge in [0, 0.05) is 16.3 Å². The van der Waals surface area contributed by atoms with Crippen LogP contribution in [0.3, 0.4) is 0 Å². The average molecular weight is 417 g/mol. The highest BCUT2D eigenvalue weighted by atomic mass is 35.5. The number of carbonyl (C=O) groups excluding carboxylic acids is 1. The molecule has 148 valence electrons. The van der Waals surface area contributed by atoms with Gasteiger partial charge in [-0.1, -0.05) is 29.8 Å². The first-order valence-corrected chi connectivity index (χ1v) is 8.51. The minimum absolute atomic E-state index is 0.0490. The predicted molar refractivity (Wildman–Crippen MR) is 95.2 cm³/mol. The van der Waals surface area contributed by atoms with Crippen molar-refractivity contribution in [3.05, 3.63) is 76.3 Å². The van der Waals surface area contributed by atoms with Crippen LogP contribution in [0, 0.1) is 11.6 Å². The highest BCUT2D eigenvalue weighted by molar-refractivity contribution is 6.30. The Balaban J connectivity index is 2.39. The summed E-state index contributed by atoms with van der Waals surface area (Å²) in [4.78, 5) is 13.1. The smallest absolute Gasteiger partial charge is 0.307 e. The molecule has 0 bridgehead atoms. The minimum Gasteiger partial charge on any atom is -0.307 e. The Kier molecular flexibility index (Phi) is 5.10. The number of anilines is 1. The number of carbonyl (C=O) groups is 1. The Morgan fingerprint density at radius 3 is 2.46 bits per heavy atom. The normalized spacial score (nSPS) is 19.7. The molecule has 28 heavy (non-hydrogen) atoms. The number of allylic oxidation sites excluding steroid dienone is 1. The lowest BCUT2D eigenvalue weighted by molar-refractivity contribution is -0.146. The van der Waals surface area contributed by atoms with Crippen LogP contribution in [0.1, 0.15) is 18.1 Å². The highest BCUT2D eigenvalue weighted by Gasteiger charge is 2.50. The zero-order valence-electron chi connectivity index (χ0n) is 14.4. The third kappa shape index (κ3) is 3.44. The molecule has 1 heterocycles.